The summed E-state index contributed by atoms with van der Waals surface area (Å²) in [6, 6.07) is 0. The van der Waals surface area contributed by atoms with Crippen LogP contribution in [0, 0.1) is 5.92 Å². The Kier molecular flexibility index (Phi) is 5.81. The van der Waals surface area contributed by atoms with Gasteiger partial charge in [-0.1, -0.05) is 19.8 Å². The van der Waals surface area contributed by atoms with Gasteiger partial charge in [-0.3, -0.25) is 0 Å². The molecule has 0 spiro atoms. The minimum atomic E-state index is 0.371. The molecule has 1 saturated carbocycles. The molecule has 0 aromatic heterocycles. The quantitative estimate of drug-likeness (QED) is 0.517. The molecule has 0 radical (unpaired) electrons. The van der Waals surface area contributed by atoms with E-state index in [4.69, 9.17) is 11.6 Å². The van der Waals surface area contributed by atoms with E-state index < -0.39 is 0 Å². The molecule has 0 bridgehead atoms. The van der Waals surface area contributed by atoms with Crippen molar-refractivity contribution in [2.45, 2.75) is 50.8 Å². The average molecular weight is 204 g/mol. The molecular formula is C11H22ClN. The maximum atomic E-state index is 6.02. The zero-order chi connectivity index (χ0) is 9.52. The van der Waals surface area contributed by atoms with Crippen molar-refractivity contribution in [1.82, 2.24) is 5.32 Å². The predicted molar refractivity (Wildman–Crippen MR) is 59.4 cm³/mol. The first-order valence-corrected chi connectivity index (χ1v) is 6.11. The molecule has 0 amide bonds. The van der Waals surface area contributed by atoms with Crippen molar-refractivity contribution in [3.8, 4) is 0 Å². The van der Waals surface area contributed by atoms with Crippen LogP contribution in [-0.2, 0) is 0 Å². The number of halogens is 1. The van der Waals surface area contributed by atoms with E-state index in [2.05, 4.69) is 12.2 Å². The normalized spacial score (nSPS) is 20.8. The highest BCUT2D eigenvalue weighted by atomic mass is 35.5. The maximum absolute atomic E-state index is 6.02. The van der Waals surface area contributed by atoms with E-state index in [1.165, 1.54) is 32.2 Å². The maximum Gasteiger partial charge on any atom is 0.0345 e. The summed E-state index contributed by atoms with van der Waals surface area (Å²) in [5, 5.41) is 3.88. The molecular weight excluding hydrogens is 182 g/mol. The van der Waals surface area contributed by atoms with Crippen LogP contribution >= 0.6 is 11.6 Å². The van der Waals surface area contributed by atoms with Crippen LogP contribution in [0.1, 0.15) is 45.4 Å². The van der Waals surface area contributed by atoms with E-state index in [0.717, 1.165) is 25.3 Å². The Morgan fingerprint density at radius 2 is 2.08 bits per heavy atom. The van der Waals surface area contributed by atoms with Crippen molar-refractivity contribution in [3.05, 3.63) is 0 Å². The van der Waals surface area contributed by atoms with Gasteiger partial charge in [0.25, 0.3) is 0 Å². The molecule has 13 heavy (non-hydrogen) atoms. The van der Waals surface area contributed by atoms with Crippen molar-refractivity contribution in [2.24, 2.45) is 5.92 Å². The van der Waals surface area contributed by atoms with Crippen LogP contribution in [0.25, 0.3) is 0 Å². The van der Waals surface area contributed by atoms with E-state index >= 15 is 0 Å². The van der Waals surface area contributed by atoms with Crippen molar-refractivity contribution in [1.29, 1.82) is 0 Å². The molecule has 1 N–H and O–H groups in total. The van der Waals surface area contributed by atoms with Gasteiger partial charge in [0.05, 0.1) is 0 Å². The summed E-state index contributed by atoms with van der Waals surface area (Å²) < 4.78 is 0. The molecule has 0 heterocycles. The fraction of sp³-hybridized carbons (Fsp3) is 1.00. The summed E-state index contributed by atoms with van der Waals surface area (Å²) in [4.78, 5) is 0. The van der Waals surface area contributed by atoms with Crippen molar-refractivity contribution >= 4 is 11.6 Å². The summed E-state index contributed by atoms with van der Waals surface area (Å²) in [6.45, 7) is 4.46. The molecule has 1 rings (SSSR count). The second-order valence-corrected chi connectivity index (χ2v) is 4.77. The summed E-state index contributed by atoms with van der Waals surface area (Å²) in [7, 11) is 0. The van der Waals surface area contributed by atoms with E-state index in [1.54, 1.807) is 0 Å². The summed E-state index contributed by atoms with van der Waals surface area (Å²) in [5.41, 5.74) is 0. The lowest BCUT2D eigenvalue weighted by Gasteiger charge is -2.11. The van der Waals surface area contributed by atoms with Gasteiger partial charge in [0.2, 0.25) is 0 Å². The molecule has 1 unspecified atom stereocenters. The Labute approximate surface area is 87.2 Å². The predicted octanol–water partition coefficient (Wildman–Crippen LogP) is 3.17. The van der Waals surface area contributed by atoms with Crippen LogP contribution in [0.15, 0.2) is 0 Å². The standard InChI is InChI=1S/C11H22ClN/c1-2-11(12)7-8-13-9-10-5-3-4-6-10/h10-11,13H,2-9H2,1H3. The van der Waals surface area contributed by atoms with Crippen LogP contribution in [-0.4, -0.2) is 18.5 Å². The molecule has 78 valence electrons. The third kappa shape index (κ3) is 4.87. The molecule has 1 atom stereocenters. The molecule has 2 heteroatoms. The lowest BCUT2D eigenvalue weighted by atomic mass is 10.1. The van der Waals surface area contributed by atoms with Crippen LogP contribution in [0.4, 0.5) is 0 Å². The lowest BCUT2D eigenvalue weighted by Crippen LogP contribution is -2.23. The molecule has 0 aromatic rings. The van der Waals surface area contributed by atoms with E-state index in [1.807, 2.05) is 0 Å². The number of hydrogen-bond donors (Lipinski definition) is 1. The smallest absolute Gasteiger partial charge is 0.0345 e. The van der Waals surface area contributed by atoms with E-state index in [0.29, 0.717) is 5.38 Å². The lowest BCUT2D eigenvalue weighted by molar-refractivity contribution is 0.482. The van der Waals surface area contributed by atoms with Gasteiger partial charge in [0.1, 0.15) is 0 Å². The van der Waals surface area contributed by atoms with Crippen LogP contribution in [0.2, 0.25) is 0 Å². The fourth-order valence-electron chi connectivity index (χ4n) is 1.98. The Morgan fingerprint density at radius 3 is 2.69 bits per heavy atom. The largest absolute Gasteiger partial charge is 0.316 e. The highest BCUT2D eigenvalue weighted by Gasteiger charge is 2.13. The van der Waals surface area contributed by atoms with Gasteiger partial charge in [-0.2, -0.15) is 0 Å². The Morgan fingerprint density at radius 1 is 1.38 bits per heavy atom. The van der Waals surface area contributed by atoms with E-state index in [-0.39, 0.29) is 0 Å². The first kappa shape index (κ1) is 11.3. The number of nitrogens with one attached hydrogen (secondary N) is 1. The first-order valence-electron chi connectivity index (χ1n) is 5.67. The second kappa shape index (κ2) is 6.67. The second-order valence-electron chi connectivity index (χ2n) is 4.15. The third-order valence-corrected chi connectivity index (χ3v) is 3.51. The first-order chi connectivity index (χ1) is 6.33. The highest BCUT2D eigenvalue weighted by molar-refractivity contribution is 6.20. The molecule has 1 nitrogen and oxygen atoms in total. The summed E-state index contributed by atoms with van der Waals surface area (Å²) >= 11 is 6.02. The minimum Gasteiger partial charge on any atom is -0.316 e. The van der Waals surface area contributed by atoms with Gasteiger partial charge in [-0.15, -0.1) is 11.6 Å². The zero-order valence-electron chi connectivity index (χ0n) is 8.69. The molecule has 0 saturated heterocycles. The van der Waals surface area contributed by atoms with Gasteiger partial charge >= 0.3 is 0 Å². The molecule has 0 aromatic carbocycles. The number of rotatable bonds is 6. The Balaban J connectivity index is 1.88. The average Bonchev–Trinajstić information content (AvgIpc) is 2.64. The summed E-state index contributed by atoms with van der Waals surface area (Å²) in [6.07, 6.45) is 7.96. The Hall–Kier alpha value is 0.250. The van der Waals surface area contributed by atoms with Crippen molar-refractivity contribution < 1.29 is 0 Å². The van der Waals surface area contributed by atoms with Gasteiger partial charge in [-0.05, 0) is 44.7 Å². The number of hydrogen-bond acceptors (Lipinski definition) is 1. The number of alkyl halides is 1. The highest BCUT2D eigenvalue weighted by Crippen LogP contribution is 2.23. The van der Waals surface area contributed by atoms with Gasteiger partial charge in [0, 0.05) is 5.38 Å². The molecule has 1 aliphatic rings. The van der Waals surface area contributed by atoms with Gasteiger partial charge in [0.15, 0.2) is 0 Å². The van der Waals surface area contributed by atoms with Gasteiger partial charge < -0.3 is 5.32 Å². The van der Waals surface area contributed by atoms with Crippen LogP contribution in [0.3, 0.4) is 0 Å². The van der Waals surface area contributed by atoms with Crippen LogP contribution < -0.4 is 5.32 Å². The van der Waals surface area contributed by atoms with Crippen molar-refractivity contribution in [3.63, 3.8) is 0 Å². The summed E-state index contributed by atoms with van der Waals surface area (Å²) in [5.74, 6) is 0.954. The Bertz CT molecular complexity index is 121. The SMILES string of the molecule is CCC(Cl)CCNCC1CCCC1. The zero-order valence-corrected chi connectivity index (χ0v) is 9.45. The van der Waals surface area contributed by atoms with E-state index in [9.17, 15) is 0 Å². The third-order valence-electron chi connectivity index (χ3n) is 2.99. The monoisotopic (exact) mass is 203 g/mol. The molecule has 0 aliphatic heterocycles. The van der Waals surface area contributed by atoms with Gasteiger partial charge in [-0.25, -0.2) is 0 Å². The minimum absolute atomic E-state index is 0.371. The molecule has 1 fully saturated rings. The van der Waals surface area contributed by atoms with Crippen LogP contribution in [0.5, 0.6) is 0 Å². The topological polar surface area (TPSA) is 12.0 Å². The molecule has 1 aliphatic carbocycles. The fourth-order valence-corrected chi connectivity index (χ4v) is 2.09. The van der Waals surface area contributed by atoms with Crippen molar-refractivity contribution in [2.75, 3.05) is 13.1 Å².